The maximum atomic E-state index is 12.2. The van der Waals surface area contributed by atoms with Crippen molar-refractivity contribution in [3.8, 4) is 5.75 Å². The predicted octanol–water partition coefficient (Wildman–Crippen LogP) is 0.999. The first-order valence-electron chi connectivity index (χ1n) is 4.95. The zero-order valence-electron chi connectivity index (χ0n) is 9.23. The Hall–Kier alpha value is -1.30. The van der Waals surface area contributed by atoms with E-state index in [1.54, 1.807) is 6.92 Å². The van der Waals surface area contributed by atoms with Crippen molar-refractivity contribution in [2.75, 3.05) is 12.8 Å². The molecule has 1 aromatic rings. The molecule has 0 amide bonds. The number of nitrogen functional groups attached to an aromatic ring is 1. The number of nitrogens with two attached hydrogens (primary N) is 1. The van der Waals surface area contributed by atoms with Crippen LogP contribution in [-0.2, 0) is 9.84 Å². The van der Waals surface area contributed by atoms with Crippen LogP contribution in [0.5, 0.6) is 5.75 Å². The molecule has 1 aromatic heterocycles. The van der Waals surface area contributed by atoms with Gasteiger partial charge in [0.05, 0.1) is 18.1 Å². The van der Waals surface area contributed by atoms with Gasteiger partial charge in [0.2, 0.25) is 0 Å². The van der Waals surface area contributed by atoms with E-state index in [1.807, 2.05) is 0 Å². The van der Waals surface area contributed by atoms with Crippen LogP contribution in [-0.4, -0.2) is 25.3 Å². The van der Waals surface area contributed by atoms with E-state index in [9.17, 15) is 8.42 Å². The first-order valence-corrected chi connectivity index (χ1v) is 6.43. The summed E-state index contributed by atoms with van der Waals surface area (Å²) >= 11 is 0. The third-order valence-corrected chi connectivity index (χ3v) is 5.56. The quantitative estimate of drug-likeness (QED) is 0.855. The lowest BCUT2D eigenvalue weighted by atomic mass is 10.4. The van der Waals surface area contributed by atoms with Crippen LogP contribution in [0.15, 0.2) is 17.2 Å². The lowest BCUT2D eigenvalue weighted by Crippen LogP contribution is -2.20. The highest BCUT2D eigenvalue weighted by atomic mass is 32.2. The summed E-state index contributed by atoms with van der Waals surface area (Å²) in [5.41, 5.74) is 5.49. The molecule has 1 fully saturated rings. The van der Waals surface area contributed by atoms with Gasteiger partial charge in [-0.05, 0) is 19.8 Å². The van der Waals surface area contributed by atoms with E-state index < -0.39 is 14.6 Å². The Morgan fingerprint density at radius 3 is 2.62 bits per heavy atom. The summed E-state index contributed by atoms with van der Waals surface area (Å²) in [5, 5.41) is 0. The number of anilines is 1. The van der Waals surface area contributed by atoms with Gasteiger partial charge in [-0.1, -0.05) is 0 Å². The zero-order valence-corrected chi connectivity index (χ0v) is 10.0. The molecule has 6 heteroatoms. The number of ether oxygens (including phenoxy) is 1. The normalized spacial score (nSPS) is 18.1. The minimum Gasteiger partial charge on any atom is -0.495 e. The molecule has 0 unspecified atom stereocenters. The lowest BCUT2D eigenvalue weighted by molar-refractivity contribution is 0.401. The van der Waals surface area contributed by atoms with E-state index in [2.05, 4.69) is 4.98 Å². The third kappa shape index (κ3) is 1.53. The molecule has 5 nitrogen and oxygen atoms in total. The summed E-state index contributed by atoms with van der Waals surface area (Å²) in [4.78, 5) is 3.94. The summed E-state index contributed by atoms with van der Waals surface area (Å²) in [6, 6.07) is 1.43. The van der Waals surface area contributed by atoms with E-state index in [0.29, 0.717) is 12.8 Å². The average Bonchev–Trinajstić information content (AvgIpc) is 2.97. The van der Waals surface area contributed by atoms with Gasteiger partial charge in [-0.2, -0.15) is 0 Å². The number of sulfone groups is 1. The fraction of sp³-hybridized carbons (Fsp3) is 0.500. The first-order chi connectivity index (χ1) is 7.40. The highest BCUT2D eigenvalue weighted by Gasteiger charge is 2.51. The molecule has 1 aliphatic carbocycles. The van der Waals surface area contributed by atoms with Crippen LogP contribution >= 0.6 is 0 Å². The molecule has 1 heterocycles. The van der Waals surface area contributed by atoms with Crippen molar-refractivity contribution in [3.63, 3.8) is 0 Å². The second-order valence-electron chi connectivity index (χ2n) is 4.21. The molecular weight excluding hydrogens is 228 g/mol. The zero-order chi connectivity index (χ0) is 12.0. The van der Waals surface area contributed by atoms with Gasteiger partial charge in [0.25, 0.3) is 0 Å². The first kappa shape index (κ1) is 11.2. The summed E-state index contributed by atoms with van der Waals surface area (Å²) < 4.78 is 28.9. The smallest absolute Gasteiger partial charge is 0.188 e. The molecule has 2 N–H and O–H groups in total. The van der Waals surface area contributed by atoms with E-state index in [0.717, 1.165) is 0 Å². The number of methoxy groups -OCH3 is 1. The molecule has 16 heavy (non-hydrogen) atoms. The maximum absolute atomic E-state index is 12.2. The van der Waals surface area contributed by atoms with Crippen molar-refractivity contribution in [2.24, 2.45) is 0 Å². The number of aromatic nitrogens is 1. The average molecular weight is 242 g/mol. The third-order valence-electron chi connectivity index (χ3n) is 2.97. The summed E-state index contributed by atoms with van der Waals surface area (Å²) in [6.07, 6.45) is 2.64. The van der Waals surface area contributed by atoms with E-state index in [1.165, 1.54) is 19.4 Å². The van der Waals surface area contributed by atoms with Crippen molar-refractivity contribution in [1.29, 1.82) is 0 Å². The Morgan fingerprint density at radius 1 is 1.50 bits per heavy atom. The van der Waals surface area contributed by atoms with Crippen LogP contribution in [0.25, 0.3) is 0 Å². The maximum Gasteiger partial charge on any atom is 0.188 e. The molecule has 0 aliphatic heterocycles. The SMILES string of the molecule is COc1cc(N)ncc1S(=O)(=O)C1(C)CC1. The van der Waals surface area contributed by atoms with Crippen LogP contribution in [0.4, 0.5) is 5.82 Å². The topological polar surface area (TPSA) is 82.3 Å². The van der Waals surface area contributed by atoms with Crippen LogP contribution in [0.1, 0.15) is 19.8 Å². The number of rotatable bonds is 3. The summed E-state index contributed by atoms with van der Waals surface area (Å²) in [6.45, 7) is 1.73. The van der Waals surface area contributed by atoms with Gasteiger partial charge in [0.15, 0.2) is 9.84 Å². The number of nitrogens with zero attached hydrogens (tertiary/aromatic N) is 1. The Balaban J connectivity index is 2.56. The van der Waals surface area contributed by atoms with Crippen molar-refractivity contribution < 1.29 is 13.2 Å². The molecule has 88 valence electrons. The second kappa shape index (κ2) is 3.35. The van der Waals surface area contributed by atoms with Crippen molar-refractivity contribution in [3.05, 3.63) is 12.3 Å². The largest absolute Gasteiger partial charge is 0.495 e. The second-order valence-corrected chi connectivity index (χ2v) is 6.65. The highest BCUT2D eigenvalue weighted by molar-refractivity contribution is 7.93. The Morgan fingerprint density at radius 2 is 2.12 bits per heavy atom. The molecule has 0 saturated heterocycles. The van der Waals surface area contributed by atoms with Crippen LogP contribution in [0.3, 0.4) is 0 Å². The van der Waals surface area contributed by atoms with E-state index in [4.69, 9.17) is 10.5 Å². The monoisotopic (exact) mass is 242 g/mol. The van der Waals surface area contributed by atoms with Crippen molar-refractivity contribution in [1.82, 2.24) is 4.98 Å². The molecule has 0 spiro atoms. The van der Waals surface area contributed by atoms with Crippen LogP contribution < -0.4 is 10.5 Å². The van der Waals surface area contributed by atoms with Crippen LogP contribution in [0.2, 0.25) is 0 Å². The fourth-order valence-corrected chi connectivity index (χ4v) is 3.28. The molecule has 2 rings (SSSR count). The molecule has 0 bridgehead atoms. The Kier molecular flexibility index (Phi) is 2.34. The van der Waals surface area contributed by atoms with E-state index >= 15 is 0 Å². The van der Waals surface area contributed by atoms with Gasteiger partial charge in [-0.3, -0.25) is 0 Å². The van der Waals surface area contributed by atoms with Gasteiger partial charge >= 0.3 is 0 Å². The summed E-state index contributed by atoms with van der Waals surface area (Å²) in [5.74, 6) is 0.511. The fourth-order valence-electron chi connectivity index (χ4n) is 1.51. The highest BCUT2D eigenvalue weighted by Crippen LogP contribution is 2.47. The number of hydrogen-bond donors (Lipinski definition) is 1. The minimum atomic E-state index is -3.37. The van der Waals surface area contributed by atoms with Gasteiger partial charge in [0, 0.05) is 6.07 Å². The predicted molar refractivity (Wildman–Crippen MR) is 60.0 cm³/mol. The molecule has 0 radical (unpaired) electrons. The standard InChI is InChI=1S/C10H14N2O3S/c1-10(3-4-10)16(13,14)8-6-12-9(11)5-7(8)15-2/h5-6H,3-4H2,1-2H3,(H2,11,12). The van der Waals surface area contributed by atoms with Gasteiger partial charge in [-0.25, -0.2) is 13.4 Å². The Labute approximate surface area is 94.5 Å². The van der Waals surface area contributed by atoms with E-state index in [-0.39, 0.29) is 16.5 Å². The molecule has 0 atom stereocenters. The van der Waals surface area contributed by atoms with Gasteiger partial charge < -0.3 is 10.5 Å². The molecular formula is C10H14N2O3S. The van der Waals surface area contributed by atoms with Crippen LogP contribution in [0, 0.1) is 0 Å². The number of hydrogen-bond acceptors (Lipinski definition) is 5. The minimum absolute atomic E-state index is 0.129. The summed E-state index contributed by atoms with van der Waals surface area (Å²) in [7, 11) is -1.95. The Bertz CT molecular complexity index is 521. The van der Waals surface area contributed by atoms with Gasteiger partial charge in [-0.15, -0.1) is 0 Å². The molecule has 0 aromatic carbocycles. The lowest BCUT2D eigenvalue weighted by Gasteiger charge is -2.13. The van der Waals surface area contributed by atoms with Crippen molar-refractivity contribution >= 4 is 15.7 Å². The van der Waals surface area contributed by atoms with Gasteiger partial charge in [0.1, 0.15) is 16.5 Å². The molecule has 1 saturated carbocycles. The van der Waals surface area contributed by atoms with Crippen molar-refractivity contribution in [2.45, 2.75) is 29.4 Å². The number of pyridine rings is 1. The molecule has 1 aliphatic rings.